The monoisotopic (exact) mass is 431 g/mol. The quantitative estimate of drug-likeness (QED) is 0.378. The number of ketones is 1. The van der Waals surface area contributed by atoms with Crippen LogP contribution in [0, 0.1) is 13.8 Å². The first kappa shape index (κ1) is 22.0. The van der Waals surface area contributed by atoms with Crippen LogP contribution in [-0.2, 0) is 20.8 Å². The van der Waals surface area contributed by atoms with Crippen LogP contribution in [0.2, 0.25) is 0 Å². The Balaban J connectivity index is 1.47. The molecule has 1 aromatic heterocycles. The molecule has 0 saturated carbocycles. The maximum Gasteiger partial charge on any atom is 0.318 e. The second-order valence-corrected chi connectivity index (χ2v) is 8.32. The lowest BCUT2D eigenvalue weighted by Crippen LogP contribution is -2.21. The van der Waals surface area contributed by atoms with Gasteiger partial charge in [-0.1, -0.05) is 60.7 Å². The van der Waals surface area contributed by atoms with Gasteiger partial charge in [0.15, 0.2) is 6.61 Å². The highest BCUT2D eigenvalue weighted by atomic mass is 16.5. The van der Waals surface area contributed by atoms with E-state index < -0.39 is 11.9 Å². The third-order valence-electron chi connectivity index (χ3n) is 6.13. The van der Waals surface area contributed by atoms with Crippen molar-refractivity contribution in [1.82, 2.24) is 4.57 Å². The zero-order chi connectivity index (χ0) is 22.5. The highest BCUT2D eigenvalue weighted by molar-refractivity contribution is 5.99. The van der Waals surface area contributed by atoms with E-state index in [9.17, 15) is 9.59 Å². The van der Waals surface area contributed by atoms with Gasteiger partial charge in [0, 0.05) is 30.1 Å². The molecule has 5 nitrogen and oxygen atoms in total. The molecular formula is C27H29NO4. The van der Waals surface area contributed by atoms with Crippen LogP contribution in [0.25, 0.3) is 0 Å². The fraction of sp³-hybridized carbons (Fsp3) is 0.333. The number of aromatic nitrogens is 1. The second-order valence-electron chi connectivity index (χ2n) is 8.32. The second kappa shape index (κ2) is 9.96. The van der Waals surface area contributed by atoms with Crippen molar-refractivity contribution in [3.8, 4) is 0 Å². The summed E-state index contributed by atoms with van der Waals surface area (Å²) >= 11 is 0. The summed E-state index contributed by atoms with van der Waals surface area (Å²) in [5, 5.41) is 0. The minimum Gasteiger partial charge on any atom is -0.457 e. The standard InChI is InChI=1S/C27H29NO4/c1-19-16-24(20(2)28(19)17-23-14-9-15-31-23)25(29)18-32-27(30)26(21-10-5-3-6-11-21)22-12-7-4-8-13-22/h3-8,10-13,16,23,26H,9,14-15,17-18H2,1-2H3/t23-/m0/s1. The van der Waals surface area contributed by atoms with Gasteiger partial charge in [-0.05, 0) is 43.9 Å². The van der Waals surface area contributed by atoms with Crippen LogP contribution in [-0.4, -0.2) is 35.6 Å². The number of aryl methyl sites for hydroxylation is 1. The van der Waals surface area contributed by atoms with E-state index in [4.69, 9.17) is 9.47 Å². The molecule has 2 heterocycles. The Hall–Kier alpha value is -3.18. The maximum absolute atomic E-state index is 13.1. The Kier molecular flexibility index (Phi) is 6.86. The molecule has 0 spiro atoms. The van der Waals surface area contributed by atoms with Crippen LogP contribution < -0.4 is 0 Å². The lowest BCUT2D eigenvalue weighted by Gasteiger charge is -2.17. The van der Waals surface area contributed by atoms with E-state index in [1.54, 1.807) is 0 Å². The van der Waals surface area contributed by atoms with Crippen molar-refractivity contribution in [1.29, 1.82) is 0 Å². The Morgan fingerprint density at radius 2 is 1.66 bits per heavy atom. The number of rotatable bonds is 8. The van der Waals surface area contributed by atoms with Crippen molar-refractivity contribution in [2.75, 3.05) is 13.2 Å². The Morgan fingerprint density at radius 1 is 1.03 bits per heavy atom. The van der Waals surface area contributed by atoms with Crippen molar-refractivity contribution in [3.05, 3.63) is 94.8 Å². The molecule has 1 aliphatic rings. The van der Waals surface area contributed by atoms with Gasteiger partial charge in [0.25, 0.3) is 0 Å². The average molecular weight is 432 g/mol. The first-order chi connectivity index (χ1) is 15.5. The van der Waals surface area contributed by atoms with E-state index in [0.29, 0.717) is 5.56 Å². The summed E-state index contributed by atoms with van der Waals surface area (Å²) in [5.41, 5.74) is 4.18. The molecule has 4 rings (SSSR count). The molecule has 5 heteroatoms. The third-order valence-corrected chi connectivity index (χ3v) is 6.13. The minimum absolute atomic E-state index is 0.190. The highest BCUT2D eigenvalue weighted by Crippen LogP contribution is 2.26. The number of carbonyl (C=O) groups excluding carboxylic acids is 2. The van der Waals surface area contributed by atoms with Crippen LogP contribution in [0.3, 0.4) is 0 Å². The molecule has 0 unspecified atom stereocenters. The normalized spacial score (nSPS) is 15.8. The highest BCUT2D eigenvalue weighted by Gasteiger charge is 2.26. The van der Waals surface area contributed by atoms with Crippen LogP contribution in [0.4, 0.5) is 0 Å². The average Bonchev–Trinajstić information content (AvgIpc) is 3.43. The first-order valence-corrected chi connectivity index (χ1v) is 11.1. The van der Waals surface area contributed by atoms with Crippen molar-refractivity contribution in [2.45, 2.75) is 45.3 Å². The summed E-state index contributed by atoms with van der Waals surface area (Å²) in [7, 11) is 0. The van der Waals surface area contributed by atoms with E-state index in [0.717, 1.165) is 48.5 Å². The molecule has 1 saturated heterocycles. The fourth-order valence-electron chi connectivity index (χ4n) is 4.41. The summed E-state index contributed by atoms with van der Waals surface area (Å²) in [6.45, 7) is 5.20. The van der Waals surface area contributed by atoms with E-state index in [1.807, 2.05) is 80.6 Å². The van der Waals surface area contributed by atoms with Crippen molar-refractivity contribution in [2.24, 2.45) is 0 Å². The van der Waals surface area contributed by atoms with Gasteiger partial charge >= 0.3 is 5.97 Å². The fourth-order valence-corrected chi connectivity index (χ4v) is 4.41. The largest absolute Gasteiger partial charge is 0.457 e. The Morgan fingerprint density at radius 3 is 2.22 bits per heavy atom. The lowest BCUT2D eigenvalue weighted by atomic mass is 9.91. The molecule has 0 radical (unpaired) electrons. The molecule has 0 N–H and O–H groups in total. The van der Waals surface area contributed by atoms with Gasteiger partial charge < -0.3 is 14.0 Å². The van der Waals surface area contributed by atoms with Gasteiger partial charge in [0.05, 0.1) is 6.10 Å². The van der Waals surface area contributed by atoms with Gasteiger partial charge in [0.1, 0.15) is 5.92 Å². The van der Waals surface area contributed by atoms with E-state index in [1.165, 1.54) is 0 Å². The van der Waals surface area contributed by atoms with Crippen LogP contribution in [0.15, 0.2) is 66.7 Å². The Labute approximate surface area is 189 Å². The number of hydrogen-bond donors (Lipinski definition) is 0. The molecule has 3 aromatic rings. The van der Waals surface area contributed by atoms with Crippen molar-refractivity contribution in [3.63, 3.8) is 0 Å². The summed E-state index contributed by atoms with van der Waals surface area (Å²) in [4.78, 5) is 26.0. The summed E-state index contributed by atoms with van der Waals surface area (Å²) < 4.78 is 13.4. The van der Waals surface area contributed by atoms with Crippen molar-refractivity contribution >= 4 is 11.8 Å². The summed E-state index contributed by atoms with van der Waals surface area (Å²) in [6.07, 6.45) is 2.31. The van der Waals surface area contributed by atoms with Gasteiger partial charge in [-0.15, -0.1) is 0 Å². The third kappa shape index (κ3) is 4.83. The minimum atomic E-state index is -0.572. The molecule has 0 bridgehead atoms. The number of benzene rings is 2. The molecule has 0 aliphatic carbocycles. The van der Waals surface area contributed by atoms with E-state index in [-0.39, 0.29) is 18.5 Å². The van der Waals surface area contributed by atoms with Crippen LogP contribution >= 0.6 is 0 Å². The molecule has 1 aliphatic heterocycles. The molecule has 1 atom stereocenters. The van der Waals surface area contributed by atoms with Gasteiger partial charge in [-0.2, -0.15) is 0 Å². The molecule has 1 fully saturated rings. The number of hydrogen-bond acceptors (Lipinski definition) is 4. The number of ether oxygens (including phenoxy) is 2. The van der Waals surface area contributed by atoms with Gasteiger partial charge in [-0.3, -0.25) is 9.59 Å². The first-order valence-electron chi connectivity index (χ1n) is 11.1. The number of nitrogens with zero attached hydrogens (tertiary/aromatic N) is 1. The lowest BCUT2D eigenvalue weighted by molar-refractivity contribution is -0.143. The molecule has 0 amide bonds. The predicted octanol–water partition coefficient (Wildman–Crippen LogP) is 4.84. The van der Waals surface area contributed by atoms with Crippen LogP contribution in [0.1, 0.15) is 51.6 Å². The van der Waals surface area contributed by atoms with Gasteiger partial charge in [0.2, 0.25) is 5.78 Å². The zero-order valence-electron chi connectivity index (χ0n) is 18.6. The number of carbonyl (C=O) groups is 2. The van der Waals surface area contributed by atoms with Crippen LogP contribution in [0.5, 0.6) is 0 Å². The topological polar surface area (TPSA) is 57.5 Å². The number of esters is 1. The predicted molar refractivity (Wildman–Crippen MR) is 123 cm³/mol. The van der Waals surface area contributed by atoms with Crippen molar-refractivity contribution < 1.29 is 19.1 Å². The molecule has 32 heavy (non-hydrogen) atoms. The maximum atomic E-state index is 13.1. The smallest absolute Gasteiger partial charge is 0.318 e. The molecule has 2 aromatic carbocycles. The van der Waals surface area contributed by atoms with Gasteiger partial charge in [-0.25, -0.2) is 0 Å². The summed E-state index contributed by atoms with van der Waals surface area (Å²) in [6, 6.07) is 20.9. The molecular weight excluding hydrogens is 402 g/mol. The summed E-state index contributed by atoms with van der Waals surface area (Å²) in [5.74, 6) is -1.19. The number of Topliss-reactive ketones (excluding diaryl/α,β-unsaturated/α-hetero) is 1. The zero-order valence-corrected chi connectivity index (χ0v) is 18.6. The Bertz CT molecular complexity index is 1030. The molecule has 166 valence electrons. The van der Waals surface area contributed by atoms with E-state index >= 15 is 0 Å². The van der Waals surface area contributed by atoms with E-state index in [2.05, 4.69) is 4.57 Å². The SMILES string of the molecule is Cc1cc(C(=O)COC(=O)C(c2ccccc2)c2ccccc2)c(C)n1C[C@@H]1CCCO1.